The van der Waals surface area contributed by atoms with Gasteiger partial charge in [-0.25, -0.2) is 8.42 Å². The standard InChI is InChI=1S/C19H18NO3.CHF3O3S/c1-5-11-20-12-7-6-8-16(20)10-9-15-13-17(21-2)19(23-4)18(14-15)22-3;2-1(3,4)8(5,6)7/h1,6-8,12-14H,11H2,2-4H3;(H,5,6,7)/q+1;/p-1. The summed E-state index contributed by atoms with van der Waals surface area (Å²) >= 11 is 0. The molecule has 166 valence electrons. The second-order valence-electron chi connectivity index (χ2n) is 5.48. The van der Waals surface area contributed by atoms with Gasteiger partial charge in [-0.1, -0.05) is 5.92 Å². The van der Waals surface area contributed by atoms with Crippen molar-refractivity contribution in [1.82, 2.24) is 0 Å². The van der Waals surface area contributed by atoms with Crippen LogP contribution < -0.4 is 18.8 Å². The van der Waals surface area contributed by atoms with Gasteiger partial charge in [-0.3, -0.25) is 0 Å². The molecule has 0 saturated heterocycles. The Morgan fingerprint density at radius 2 is 1.61 bits per heavy atom. The number of rotatable bonds is 4. The van der Waals surface area contributed by atoms with E-state index in [1.165, 1.54) is 0 Å². The molecular formula is C20H18F3NO6S. The zero-order valence-electron chi connectivity index (χ0n) is 16.7. The van der Waals surface area contributed by atoms with Crippen molar-refractivity contribution in [3.63, 3.8) is 0 Å². The van der Waals surface area contributed by atoms with Crippen LogP contribution in [0, 0.1) is 24.2 Å². The van der Waals surface area contributed by atoms with Gasteiger partial charge in [-0.2, -0.15) is 17.7 Å². The molecule has 2 rings (SSSR count). The molecule has 2 aromatic rings. The lowest BCUT2D eigenvalue weighted by Crippen LogP contribution is -2.36. The predicted octanol–water partition coefficient (Wildman–Crippen LogP) is 2.08. The summed E-state index contributed by atoms with van der Waals surface area (Å²) in [6.07, 6.45) is 7.28. The van der Waals surface area contributed by atoms with Crippen molar-refractivity contribution >= 4 is 10.1 Å². The summed E-state index contributed by atoms with van der Waals surface area (Å²) in [5.74, 6) is 10.5. The first-order chi connectivity index (χ1) is 14.5. The van der Waals surface area contributed by atoms with Crippen LogP contribution in [0.1, 0.15) is 11.3 Å². The van der Waals surface area contributed by atoms with Gasteiger partial charge in [0.25, 0.3) is 5.69 Å². The van der Waals surface area contributed by atoms with Crippen molar-refractivity contribution in [3.8, 4) is 41.4 Å². The maximum absolute atomic E-state index is 10.7. The Balaban J connectivity index is 0.000000512. The average molecular weight is 457 g/mol. The molecule has 0 unspecified atom stereocenters. The first-order valence-corrected chi connectivity index (χ1v) is 9.65. The summed E-state index contributed by atoms with van der Waals surface area (Å²) in [6.45, 7) is 0.472. The highest BCUT2D eigenvalue weighted by molar-refractivity contribution is 7.86. The smallest absolute Gasteiger partial charge is 0.485 e. The fourth-order valence-electron chi connectivity index (χ4n) is 2.12. The highest BCUT2D eigenvalue weighted by Crippen LogP contribution is 2.37. The van der Waals surface area contributed by atoms with E-state index in [9.17, 15) is 13.2 Å². The molecule has 0 saturated carbocycles. The Labute approximate surface area is 178 Å². The molecule has 1 aromatic carbocycles. The van der Waals surface area contributed by atoms with Crippen molar-refractivity contribution in [1.29, 1.82) is 0 Å². The van der Waals surface area contributed by atoms with Crippen LogP contribution in [0.25, 0.3) is 0 Å². The molecule has 0 fully saturated rings. The topological polar surface area (TPSA) is 88.8 Å². The van der Waals surface area contributed by atoms with Crippen molar-refractivity contribution in [2.45, 2.75) is 12.1 Å². The van der Waals surface area contributed by atoms with Crippen LogP contribution >= 0.6 is 0 Å². The number of ether oxygens (including phenoxy) is 3. The molecule has 0 aliphatic heterocycles. The average Bonchev–Trinajstić information content (AvgIpc) is 2.71. The van der Waals surface area contributed by atoms with Gasteiger partial charge in [0, 0.05) is 23.6 Å². The number of alkyl halides is 3. The fourth-order valence-corrected chi connectivity index (χ4v) is 2.12. The van der Waals surface area contributed by atoms with E-state index < -0.39 is 15.6 Å². The summed E-state index contributed by atoms with van der Waals surface area (Å²) in [7, 11) is -1.37. The number of methoxy groups -OCH3 is 3. The highest BCUT2D eigenvalue weighted by Gasteiger charge is 2.36. The molecule has 0 spiro atoms. The van der Waals surface area contributed by atoms with E-state index in [1.807, 2.05) is 41.1 Å². The minimum absolute atomic E-state index is 0.472. The van der Waals surface area contributed by atoms with E-state index in [0.29, 0.717) is 23.8 Å². The summed E-state index contributed by atoms with van der Waals surface area (Å²) in [4.78, 5) is 0. The normalized spacial score (nSPS) is 10.5. The Bertz CT molecular complexity index is 1090. The largest absolute Gasteiger partial charge is 0.741 e. The number of pyridine rings is 1. The number of terminal acetylenes is 1. The summed E-state index contributed by atoms with van der Waals surface area (Å²) < 4.78 is 76.8. The van der Waals surface area contributed by atoms with Crippen LogP contribution in [-0.2, 0) is 16.7 Å². The summed E-state index contributed by atoms with van der Waals surface area (Å²) in [6, 6.07) is 9.38. The molecule has 0 radical (unpaired) electrons. The van der Waals surface area contributed by atoms with Crippen molar-refractivity contribution in [3.05, 3.63) is 47.8 Å². The highest BCUT2D eigenvalue weighted by atomic mass is 32.2. The first kappa shape index (κ1) is 25.6. The monoisotopic (exact) mass is 457 g/mol. The zero-order valence-corrected chi connectivity index (χ0v) is 17.5. The minimum Gasteiger partial charge on any atom is -0.741 e. The van der Waals surface area contributed by atoms with E-state index in [-0.39, 0.29) is 0 Å². The molecule has 7 nitrogen and oxygen atoms in total. The molecule has 0 atom stereocenters. The summed E-state index contributed by atoms with van der Waals surface area (Å²) in [5.41, 5.74) is -4.05. The third kappa shape index (κ3) is 7.41. The number of aromatic nitrogens is 1. The third-order valence-corrected chi connectivity index (χ3v) is 4.05. The van der Waals surface area contributed by atoms with Gasteiger partial charge in [-0.05, 0) is 24.1 Å². The second kappa shape index (κ2) is 11.1. The first-order valence-electron chi connectivity index (χ1n) is 8.24. The van der Waals surface area contributed by atoms with Crippen LogP contribution in [0.3, 0.4) is 0 Å². The van der Waals surface area contributed by atoms with Crippen LogP contribution in [-0.4, -0.2) is 39.8 Å². The predicted molar refractivity (Wildman–Crippen MR) is 103 cm³/mol. The van der Waals surface area contributed by atoms with Crippen LogP contribution in [0.15, 0.2) is 36.5 Å². The SMILES string of the molecule is C#CC[n+]1ccccc1C#Cc1cc(OC)c(OC)c(OC)c1.O=S(=O)([O-])C(F)(F)F. The number of halogens is 3. The quantitative estimate of drug-likeness (QED) is 0.302. The molecule has 31 heavy (non-hydrogen) atoms. The lowest BCUT2D eigenvalue weighted by molar-refractivity contribution is -0.687. The Hall–Kier alpha value is -3.41. The maximum atomic E-state index is 10.7. The number of nitrogens with zero attached hydrogens (tertiary/aromatic N) is 1. The molecule has 1 heterocycles. The second-order valence-corrected chi connectivity index (χ2v) is 6.85. The van der Waals surface area contributed by atoms with Crippen molar-refractivity contribution < 1.29 is 44.9 Å². The molecule has 11 heteroatoms. The van der Waals surface area contributed by atoms with Gasteiger partial charge in [-0.15, -0.1) is 6.42 Å². The maximum Gasteiger partial charge on any atom is 0.485 e. The number of hydrogen-bond donors (Lipinski definition) is 0. The van der Waals surface area contributed by atoms with Gasteiger partial charge in [0.2, 0.25) is 12.3 Å². The number of hydrogen-bond acceptors (Lipinski definition) is 6. The Morgan fingerprint density at radius 1 is 1.06 bits per heavy atom. The molecule has 0 aliphatic carbocycles. The van der Waals surface area contributed by atoms with Gasteiger partial charge >= 0.3 is 5.51 Å². The number of benzene rings is 1. The van der Waals surface area contributed by atoms with Crippen molar-refractivity contribution in [2.24, 2.45) is 0 Å². The van der Waals surface area contributed by atoms with Crippen LogP contribution in [0.2, 0.25) is 0 Å². The van der Waals surface area contributed by atoms with Crippen LogP contribution in [0.5, 0.6) is 17.2 Å². The molecule has 0 bridgehead atoms. The Morgan fingerprint density at radius 3 is 2.03 bits per heavy atom. The lowest BCUT2D eigenvalue weighted by Gasteiger charge is -2.12. The van der Waals surface area contributed by atoms with E-state index in [4.69, 9.17) is 33.6 Å². The molecule has 0 N–H and O–H groups in total. The van der Waals surface area contributed by atoms with E-state index in [2.05, 4.69) is 17.8 Å². The molecule has 0 amide bonds. The van der Waals surface area contributed by atoms with Crippen molar-refractivity contribution in [2.75, 3.05) is 21.3 Å². The van der Waals surface area contributed by atoms with Gasteiger partial charge in [0.05, 0.1) is 21.3 Å². The van der Waals surface area contributed by atoms with Gasteiger partial charge in [0.15, 0.2) is 27.8 Å². The minimum atomic E-state index is -6.09. The summed E-state index contributed by atoms with van der Waals surface area (Å²) in [5, 5.41) is 0. The lowest BCUT2D eigenvalue weighted by atomic mass is 10.1. The van der Waals surface area contributed by atoms with E-state index >= 15 is 0 Å². The Kier molecular flexibility index (Phi) is 9.18. The van der Waals surface area contributed by atoms with E-state index in [0.717, 1.165) is 11.3 Å². The van der Waals surface area contributed by atoms with Crippen LogP contribution in [0.4, 0.5) is 13.2 Å². The zero-order chi connectivity index (χ0) is 23.7. The third-order valence-electron chi connectivity index (χ3n) is 3.49. The van der Waals surface area contributed by atoms with Gasteiger partial charge < -0.3 is 18.8 Å². The molecule has 0 aliphatic rings. The fraction of sp³-hybridized carbons (Fsp3) is 0.250. The molecular weight excluding hydrogens is 439 g/mol. The van der Waals surface area contributed by atoms with E-state index in [1.54, 1.807) is 21.3 Å². The van der Waals surface area contributed by atoms with Gasteiger partial charge in [0.1, 0.15) is 0 Å². The molecule has 1 aromatic heterocycles.